The predicted octanol–water partition coefficient (Wildman–Crippen LogP) is 1.60. The molecule has 1 saturated heterocycles. The molecule has 3 rings (SSSR count). The number of fused-ring (bicyclic) bond motifs is 1. The van der Waals surface area contributed by atoms with Crippen LogP contribution in [0.15, 0.2) is 0 Å². The van der Waals surface area contributed by atoms with E-state index in [1.165, 1.54) is 0 Å². The molecular weight excluding hydrogens is 250 g/mol. The fourth-order valence-corrected chi connectivity index (χ4v) is 4.12. The molecule has 5 nitrogen and oxygen atoms in total. The first-order chi connectivity index (χ1) is 8.68. The fraction of sp³-hybridized carbons (Fsp3) is 0.667. The molecule has 0 radical (unpaired) electrons. The highest BCUT2D eigenvalue weighted by Crippen LogP contribution is 2.36. The highest BCUT2D eigenvalue weighted by Gasteiger charge is 2.32. The Hall–Kier alpha value is -1.01. The molecule has 1 aromatic heterocycles. The number of carbonyl (C=O) groups is 1. The van der Waals surface area contributed by atoms with Gasteiger partial charge in [0, 0.05) is 11.7 Å². The lowest BCUT2D eigenvalue weighted by atomic mass is 10.0. The molecule has 2 aliphatic rings. The van der Waals surface area contributed by atoms with E-state index < -0.39 is 5.97 Å². The maximum Gasteiger partial charge on any atom is 0.356 e. The molecular formula is C12H17N3O2S. The Labute approximate surface area is 110 Å². The second-order valence-electron chi connectivity index (χ2n) is 4.96. The van der Waals surface area contributed by atoms with Gasteiger partial charge in [0.2, 0.25) is 0 Å². The van der Waals surface area contributed by atoms with Gasteiger partial charge in [0.1, 0.15) is 5.82 Å². The van der Waals surface area contributed by atoms with Gasteiger partial charge in [0.15, 0.2) is 5.69 Å². The van der Waals surface area contributed by atoms with E-state index in [0.29, 0.717) is 5.92 Å². The normalized spacial score (nSPS) is 27.2. The van der Waals surface area contributed by atoms with Crippen molar-refractivity contribution in [1.29, 1.82) is 0 Å². The topological polar surface area (TPSA) is 81.1 Å². The van der Waals surface area contributed by atoms with Crippen LogP contribution >= 0.6 is 11.8 Å². The maximum absolute atomic E-state index is 11.3. The van der Waals surface area contributed by atoms with Crippen LogP contribution in [0.2, 0.25) is 0 Å². The quantitative estimate of drug-likeness (QED) is 0.850. The van der Waals surface area contributed by atoms with E-state index >= 15 is 0 Å². The summed E-state index contributed by atoms with van der Waals surface area (Å²) in [5.41, 5.74) is 7.20. The van der Waals surface area contributed by atoms with Gasteiger partial charge in [0.25, 0.3) is 0 Å². The van der Waals surface area contributed by atoms with Crippen molar-refractivity contribution in [2.45, 2.75) is 37.8 Å². The summed E-state index contributed by atoms with van der Waals surface area (Å²) in [6.07, 6.45) is 3.62. The standard InChI is InChI=1S/C12H17N3O2S/c13-9-3-1-2-8-10(12(16)17)14-11(15(8)9)7-4-5-18-6-7/h7,9H,1-6,13H2,(H,16,17). The molecule has 18 heavy (non-hydrogen) atoms. The van der Waals surface area contributed by atoms with Crippen molar-refractivity contribution in [3.63, 3.8) is 0 Å². The van der Waals surface area contributed by atoms with Gasteiger partial charge in [-0.25, -0.2) is 9.78 Å². The van der Waals surface area contributed by atoms with Gasteiger partial charge in [0.05, 0.1) is 11.9 Å². The van der Waals surface area contributed by atoms with Gasteiger partial charge < -0.3 is 15.4 Å². The number of nitrogens with zero attached hydrogens (tertiary/aromatic N) is 2. The van der Waals surface area contributed by atoms with E-state index in [1.54, 1.807) is 0 Å². The molecule has 0 aromatic carbocycles. The van der Waals surface area contributed by atoms with Crippen molar-refractivity contribution in [2.24, 2.45) is 5.73 Å². The zero-order valence-corrected chi connectivity index (χ0v) is 10.9. The molecule has 0 spiro atoms. The molecule has 2 atom stereocenters. The van der Waals surface area contributed by atoms with Gasteiger partial charge >= 0.3 is 5.97 Å². The number of carboxylic acids is 1. The molecule has 3 N–H and O–H groups in total. The van der Waals surface area contributed by atoms with Crippen LogP contribution in [-0.4, -0.2) is 32.1 Å². The highest BCUT2D eigenvalue weighted by atomic mass is 32.2. The van der Waals surface area contributed by atoms with E-state index in [9.17, 15) is 9.90 Å². The van der Waals surface area contributed by atoms with Crippen LogP contribution in [0.5, 0.6) is 0 Å². The Bertz CT molecular complexity index is 480. The Balaban J connectivity index is 2.10. The average molecular weight is 267 g/mol. The van der Waals surface area contributed by atoms with Crippen LogP contribution in [0, 0.1) is 0 Å². The minimum absolute atomic E-state index is 0.102. The highest BCUT2D eigenvalue weighted by molar-refractivity contribution is 7.99. The Morgan fingerprint density at radius 3 is 3.00 bits per heavy atom. The number of aromatic carboxylic acids is 1. The van der Waals surface area contributed by atoms with E-state index in [1.807, 2.05) is 16.3 Å². The Kier molecular flexibility index (Phi) is 3.07. The second-order valence-corrected chi connectivity index (χ2v) is 6.11. The molecule has 0 bridgehead atoms. The van der Waals surface area contributed by atoms with E-state index in [2.05, 4.69) is 4.98 Å². The summed E-state index contributed by atoms with van der Waals surface area (Å²) < 4.78 is 2.00. The summed E-state index contributed by atoms with van der Waals surface area (Å²) in [5, 5.41) is 9.26. The maximum atomic E-state index is 11.3. The number of carboxylic acid groups (broad SMARTS) is 1. The summed E-state index contributed by atoms with van der Waals surface area (Å²) in [6.45, 7) is 0. The van der Waals surface area contributed by atoms with Crippen LogP contribution in [0.4, 0.5) is 0 Å². The third-order valence-corrected chi connectivity index (χ3v) is 4.94. The molecule has 0 saturated carbocycles. The number of nitrogens with two attached hydrogens (primary N) is 1. The molecule has 1 aromatic rings. The number of hydrogen-bond donors (Lipinski definition) is 2. The third-order valence-electron chi connectivity index (χ3n) is 3.78. The summed E-state index contributed by atoms with van der Waals surface area (Å²) in [4.78, 5) is 15.7. The molecule has 0 amide bonds. The van der Waals surface area contributed by atoms with Crippen molar-refractivity contribution in [1.82, 2.24) is 9.55 Å². The minimum atomic E-state index is -0.926. The second kappa shape index (κ2) is 4.59. The molecule has 2 unspecified atom stereocenters. The molecule has 98 valence electrons. The minimum Gasteiger partial charge on any atom is -0.476 e. The first-order valence-electron chi connectivity index (χ1n) is 6.36. The largest absolute Gasteiger partial charge is 0.476 e. The number of aromatic nitrogens is 2. The zero-order valence-electron chi connectivity index (χ0n) is 10.1. The van der Waals surface area contributed by atoms with Crippen LogP contribution in [0.1, 0.15) is 53.4 Å². The van der Waals surface area contributed by atoms with Crippen molar-refractivity contribution < 1.29 is 9.90 Å². The number of hydrogen-bond acceptors (Lipinski definition) is 4. The van der Waals surface area contributed by atoms with Gasteiger partial charge in [-0.2, -0.15) is 11.8 Å². The van der Waals surface area contributed by atoms with Crippen molar-refractivity contribution >= 4 is 17.7 Å². The van der Waals surface area contributed by atoms with Gasteiger partial charge in [-0.1, -0.05) is 0 Å². The lowest BCUT2D eigenvalue weighted by Gasteiger charge is -2.25. The van der Waals surface area contributed by atoms with Crippen molar-refractivity contribution in [3.8, 4) is 0 Å². The predicted molar refractivity (Wildman–Crippen MR) is 70.0 cm³/mol. The number of imidazole rings is 1. The van der Waals surface area contributed by atoms with Crippen LogP contribution < -0.4 is 5.73 Å². The summed E-state index contributed by atoms with van der Waals surface area (Å²) in [6, 6.07) is 0. The number of rotatable bonds is 2. The van der Waals surface area contributed by atoms with E-state index in [0.717, 1.165) is 48.7 Å². The van der Waals surface area contributed by atoms with Crippen molar-refractivity contribution in [3.05, 3.63) is 17.2 Å². The first-order valence-corrected chi connectivity index (χ1v) is 7.51. The summed E-state index contributed by atoms with van der Waals surface area (Å²) in [7, 11) is 0. The third kappa shape index (κ3) is 1.83. The smallest absolute Gasteiger partial charge is 0.356 e. The average Bonchev–Trinajstić information content (AvgIpc) is 2.95. The zero-order chi connectivity index (χ0) is 12.7. The van der Waals surface area contributed by atoms with E-state index in [4.69, 9.17) is 5.73 Å². The molecule has 0 aliphatic carbocycles. The molecule has 3 heterocycles. The molecule has 2 aliphatic heterocycles. The Morgan fingerprint density at radius 1 is 1.50 bits per heavy atom. The monoisotopic (exact) mass is 267 g/mol. The fourth-order valence-electron chi connectivity index (χ4n) is 2.90. The lowest BCUT2D eigenvalue weighted by molar-refractivity contribution is 0.0689. The van der Waals surface area contributed by atoms with Crippen LogP contribution in [0.3, 0.4) is 0 Å². The first kappa shape index (κ1) is 12.0. The lowest BCUT2D eigenvalue weighted by Crippen LogP contribution is -2.27. The molecule has 1 fully saturated rings. The van der Waals surface area contributed by atoms with E-state index in [-0.39, 0.29) is 11.9 Å². The Morgan fingerprint density at radius 2 is 2.33 bits per heavy atom. The number of thioether (sulfide) groups is 1. The van der Waals surface area contributed by atoms with Gasteiger partial charge in [-0.3, -0.25) is 0 Å². The SMILES string of the molecule is NC1CCCc2c(C(=O)O)nc(C3CCSC3)n21. The summed E-state index contributed by atoms with van der Waals surface area (Å²) in [5.74, 6) is 2.50. The summed E-state index contributed by atoms with van der Waals surface area (Å²) >= 11 is 1.90. The van der Waals surface area contributed by atoms with Crippen molar-refractivity contribution in [2.75, 3.05) is 11.5 Å². The van der Waals surface area contributed by atoms with Gasteiger partial charge in [-0.15, -0.1) is 0 Å². The molecule has 6 heteroatoms. The van der Waals surface area contributed by atoms with Crippen LogP contribution in [0.25, 0.3) is 0 Å². The van der Waals surface area contributed by atoms with Crippen LogP contribution in [-0.2, 0) is 6.42 Å². The van der Waals surface area contributed by atoms with Gasteiger partial charge in [-0.05, 0) is 31.4 Å².